The number of aliphatic hydroxyl groups is 1. The third kappa shape index (κ3) is 3.01. The second-order valence-electron chi connectivity index (χ2n) is 10.0. The zero-order valence-electron chi connectivity index (χ0n) is 18.8. The summed E-state index contributed by atoms with van der Waals surface area (Å²) in [6.45, 7) is 0.604. The molecule has 0 atom stereocenters. The van der Waals surface area contributed by atoms with E-state index in [1.807, 2.05) is 24.3 Å². The van der Waals surface area contributed by atoms with E-state index in [1.54, 1.807) is 10.9 Å². The Kier molecular flexibility index (Phi) is 4.08. The van der Waals surface area contributed by atoms with Crippen LogP contribution in [-0.4, -0.2) is 30.5 Å². The van der Waals surface area contributed by atoms with Crippen LogP contribution in [0.25, 0.3) is 28.3 Å². The fourth-order valence-electron chi connectivity index (χ4n) is 5.64. The number of fused-ring (bicyclic) bond motifs is 3. The lowest BCUT2D eigenvalue weighted by Gasteiger charge is -2.52. The van der Waals surface area contributed by atoms with E-state index in [4.69, 9.17) is 15.7 Å². The minimum Gasteiger partial charge on any atom is -0.389 e. The van der Waals surface area contributed by atoms with Crippen LogP contribution in [0.3, 0.4) is 0 Å². The maximum absolute atomic E-state index is 10.8. The van der Waals surface area contributed by atoms with Gasteiger partial charge in [0.05, 0.1) is 29.7 Å². The number of hydrogen-bond donors (Lipinski definition) is 3. The highest BCUT2D eigenvalue weighted by molar-refractivity contribution is 5.79. The minimum atomic E-state index is -0.576. The monoisotopic (exact) mass is 450 g/mol. The fraction of sp³-hybridized carbons (Fsp3) is 0.296. The summed E-state index contributed by atoms with van der Waals surface area (Å²) in [4.78, 5) is 10.1. The molecule has 4 N–H and O–H groups in total. The van der Waals surface area contributed by atoms with E-state index < -0.39 is 11.1 Å². The quantitative estimate of drug-likeness (QED) is 0.434. The van der Waals surface area contributed by atoms with Crippen molar-refractivity contribution in [1.82, 2.24) is 19.7 Å². The topological polar surface area (TPSA) is 102 Å². The third-order valence-corrected chi connectivity index (χ3v) is 7.59. The molecule has 7 nitrogen and oxygen atoms in total. The molecular formula is C27H26N6O. The SMILES string of the molecule is NC1(c2ccc(-c3nc4c(nc3-c3ccccc3)CNc3ccnn3-4)cc2)CC(O)(C2CC2)C1. The van der Waals surface area contributed by atoms with Gasteiger partial charge in [-0.2, -0.15) is 9.78 Å². The van der Waals surface area contributed by atoms with Crippen LogP contribution in [0.4, 0.5) is 5.82 Å². The highest BCUT2D eigenvalue weighted by Crippen LogP contribution is 2.57. The number of benzene rings is 2. The van der Waals surface area contributed by atoms with Crippen molar-refractivity contribution in [1.29, 1.82) is 0 Å². The molecule has 1 aliphatic heterocycles. The number of hydrogen-bond acceptors (Lipinski definition) is 6. The molecule has 0 saturated heterocycles. The van der Waals surface area contributed by atoms with E-state index in [0.717, 1.165) is 58.2 Å². The Labute approximate surface area is 197 Å². The van der Waals surface area contributed by atoms with Crippen LogP contribution in [0.5, 0.6) is 0 Å². The lowest BCUT2D eigenvalue weighted by Crippen LogP contribution is -2.60. The van der Waals surface area contributed by atoms with Crippen molar-refractivity contribution in [3.8, 4) is 28.3 Å². The molecule has 0 unspecified atom stereocenters. The molecule has 2 fully saturated rings. The first-order valence-corrected chi connectivity index (χ1v) is 11.9. The van der Waals surface area contributed by atoms with E-state index in [-0.39, 0.29) is 0 Å². The molecule has 2 aliphatic carbocycles. The van der Waals surface area contributed by atoms with Gasteiger partial charge in [0.2, 0.25) is 0 Å². The van der Waals surface area contributed by atoms with Gasteiger partial charge in [-0.25, -0.2) is 9.97 Å². The van der Waals surface area contributed by atoms with Crippen LogP contribution < -0.4 is 11.1 Å². The summed E-state index contributed by atoms with van der Waals surface area (Å²) in [6, 6.07) is 20.4. The minimum absolute atomic E-state index is 0.435. The Morgan fingerprint density at radius 2 is 1.62 bits per heavy atom. The van der Waals surface area contributed by atoms with Gasteiger partial charge in [-0.05, 0) is 37.2 Å². The van der Waals surface area contributed by atoms with E-state index in [2.05, 4.69) is 46.8 Å². The average molecular weight is 451 g/mol. The summed E-state index contributed by atoms with van der Waals surface area (Å²) < 4.78 is 1.81. The largest absolute Gasteiger partial charge is 0.389 e. The lowest BCUT2D eigenvalue weighted by atomic mass is 9.60. The molecule has 0 radical (unpaired) electrons. The summed E-state index contributed by atoms with van der Waals surface area (Å²) >= 11 is 0. The van der Waals surface area contributed by atoms with Crippen molar-refractivity contribution in [3.05, 3.63) is 78.1 Å². The maximum Gasteiger partial charge on any atom is 0.179 e. The molecule has 0 bridgehead atoms. The van der Waals surface area contributed by atoms with Crippen molar-refractivity contribution in [2.75, 3.05) is 5.32 Å². The van der Waals surface area contributed by atoms with Gasteiger partial charge in [0.15, 0.2) is 5.82 Å². The van der Waals surface area contributed by atoms with E-state index >= 15 is 0 Å². The molecule has 0 spiro atoms. The summed E-state index contributed by atoms with van der Waals surface area (Å²) in [6.07, 6.45) is 5.28. The van der Waals surface area contributed by atoms with Gasteiger partial charge in [-0.3, -0.25) is 0 Å². The Morgan fingerprint density at radius 1 is 0.912 bits per heavy atom. The molecule has 2 aromatic carbocycles. The molecule has 3 aliphatic rings. The number of nitrogens with one attached hydrogen (secondary N) is 1. The first-order chi connectivity index (χ1) is 16.5. The molecule has 3 heterocycles. The summed E-state index contributed by atoms with van der Waals surface area (Å²) in [5, 5.41) is 18.6. The van der Waals surface area contributed by atoms with Gasteiger partial charge >= 0.3 is 0 Å². The molecular weight excluding hydrogens is 424 g/mol. The zero-order valence-corrected chi connectivity index (χ0v) is 18.8. The van der Waals surface area contributed by atoms with Crippen molar-refractivity contribution >= 4 is 5.82 Å². The summed E-state index contributed by atoms with van der Waals surface area (Å²) in [7, 11) is 0. The number of anilines is 1. The Hall–Kier alpha value is -3.55. The second kappa shape index (κ2) is 6.98. The number of rotatable bonds is 4. The smallest absolute Gasteiger partial charge is 0.179 e. The van der Waals surface area contributed by atoms with Gasteiger partial charge in [0.1, 0.15) is 11.5 Å². The van der Waals surface area contributed by atoms with Crippen molar-refractivity contribution in [3.63, 3.8) is 0 Å². The fourth-order valence-corrected chi connectivity index (χ4v) is 5.64. The molecule has 2 saturated carbocycles. The summed E-state index contributed by atoms with van der Waals surface area (Å²) in [5.74, 6) is 2.10. The molecule has 170 valence electrons. The van der Waals surface area contributed by atoms with Crippen LogP contribution in [0, 0.1) is 5.92 Å². The predicted molar refractivity (Wildman–Crippen MR) is 130 cm³/mol. The van der Waals surface area contributed by atoms with Crippen LogP contribution in [-0.2, 0) is 12.1 Å². The lowest BCUT2D eigenvalue weighted by molar-refractivity contribution is -0.106. The molecule has 7 heteroatoms. The first kappa shape index (κ1) is 19.9. The highest BCUT2D eigenvalue weighted by Gasteiger charge is 2.58. The van der Waals surface area contributed by atoms with Crippen molar-refractivity contribution in [2.24, 2.45) is 11.7 Å². The Balaban J connectivity index is 1.30. The van der Waals surface area contributed by atoms with Crippen LogP contribution in [0.15, 0.2) is 66.9 Å². The third-order valence-electron chi connectivity index (χ3n) is 7.59. The second-order valence-corrected chi connectivity index (χ2v) is 10.0. The van der Waals surface area contributed by atoms with Crippen LogP contribution in [0.1, 0.15) is 36.9 Å². The Bertz CT molecular complexity index is 1380. The molecule has 2 aromatic heterocycles. The van der Waals surface area contributed by atoms with Gasteiger partial charge in [-0.15, -0.1) is 0 Å². The molecule has 4 aromatic rings. The maximum atomic E-state index is 10.8. The Morgan fingerprint density at radius 3 is 2.35 bits per heavy atom. The predicted octanol–water partition coefficient (Wildman–Crippen LogP) is 4.01. The number of nitrogens with two attached hydrogens (primary N) is 1. The van der Waals surface area contributed by atoms with Gasteiger partial charge in [0.25, 0.3) is 0 Å². The average Bonchev–Trinajstić information content (AvgIpc) is 3.60. The van der Waals surface area contributed by atoms with Crippen LogP contribution in [0.2, 0.25) is 0 Å². The number of nitrogens with zero attached hydrogens (tertiary/aromatic N) is 4. The van der Waals surface area contributed by atoms with Gasteiger partial charge in [-0.1, -0.05) is 54.6 Å². The van der Waals surface area contributed by atoms with E-state index in [0.29, 0.717) is 25.3 Å². The van der Waals surface area contributed by atoms with E-state index in [9.17, 15) is 5.11 Å². The standard InChI is InChI=1S/C27H26N6O/c28-26(15-27(34,16-26)20-10-11-20)19-8-6-18(7-9-19)24-23(17-4-2-1-3-5-17)31-21-14-29-22-12-13-30-33(22)25(21)32-24/h1-9,12-13,20,29,34H,10-11,14-16,28H2. The summed E-state index contributed by atoms with van der Waals surface area (Å²) in [5.41, 5.74) is 11.2. The highest BCUT2D eigenvalue weighted by atomic mass is 16.3. The van der Waals surface area contributed by atoms with Crippen molar-refractivity contribution in [2.45, 2.75) is 43.4 Å². The molecule has 34 heavy (non-hydrogen) atoms. The van der Waals surface area contributed by atoms with E-state index in [1.165, 1.54) is 0 Å². The van der Waals surface area contributed by atoms with Gasteiger partial charge < -0.3 is 16.2 Å². The van der Waals surface area contributed by atoms with Gasteiger partial charge in [0, 0.05) is 22.7 Å². The first-order valence-electron chi connectivity index (χ1n) is 11.9. The zero-order chi connectivity index (χ0) is 22.9. The molecule has 7 rings (SSSR count). The number of aromatic nitrogens is 4. The van der Waals surface area contributed by atoms with Crippen molar-refractivity contribution < 1.29 is 5.11 Å². The normalized spacial score (nSPS) is 25.1. The van der Waals surface area contributed by atoms with Crippen LogP contribution >= 0.6 is 0 Å². The molecule has 0 amide bonds.